The van der Waals surface area contributed by atoms with E-state index in [0.717, 1.165) is 4.88 Å². The molecular formula is C15H18N2O2S. The van der Waals surface area contributed by atoms with Crippen molar-refractivity contribution in [3.63, 3.8) is 0 Å². The Morgan fingerprint density at radius 3 is 2.75 bits per heavy atom. The van der Waals surface area contributed by atoms with Crippen molar-refractivity contribution in [1.29, 1.82) is 0 Å². The highest BCUT2D eigenvalue weighted by Gasteiger charge is 2.15. The maximum Gasteiger partial charge on any atom is 0.257 e. The van der Waals surface area contributed by atoms with Gasteiger partial charge in [-0.15, -0.1) is 11.3 Å². The molecule has 1 amide bonds. The second kappa shape index (κ2) is 5.96. The number of nitrogen functional groups attached to an aromatic ring is 1. The summed E-state index contributed by atoms with van der Waals surface area (Å²) in [6.45, 7) is 4.63. The number of thiophene rings is 1. The van der Waals surface area contributed by atoms with Crippen molar-refractivity contribution in [1.82, 2.24) is 5.32 Å². The number of ether oxygens (including phenoxy) is 1. The molecule has 1 aromatic heterocycles. The zero-order valence-corrected chi connectivity index (χ0v) is 12.6. The molecule has 0 aliphatic carbocycles. The third-order valence-corrected chi connectivity index (χ3v) is 4.30. The number of carbonyl (C=O) groups is 1. The van der Waals surface area contributed by atoms with E-state index in [2.05, 4.69) is 25.2 Å². The fourth-order valence-corrected chi connectivity index (χ4v) is 2.95. The van der Waals surface area contributed by atoms with E-state index in [1.165, 1.54) is 17.6 Å². The standard InChI is InChI=1S/C15H18N2O2S/c1-9-7-11(20-10(9)2)8-17-15(18)14-12(16)5-4-6-13(14)19-3/h4-7H,8,16H2,1-3H3,(H,17,18). The van der Waals surface area contributed by atoms with Gasteiger partial charge in [0.25, 0.3) is 5.91 Å². The lowest BCUT2D eigenvalue weighted by molar-refractivity contribution is 0.0949. The van der Waals surface area contributed by atoms with Gasteiger partial charge in [0.2, 0.25) is 0 Å². The van der Waals surface area contributed by atoms with E-state index in [1.54, 1.807) is 29.5 Å². The lowest BCUT2D eigenvalue weighted by atomic mass is 10.1. The number of benzene rings is 1. The number of hydrogen-bond acceptors (Lipinski definition) is 4. The molecule has 0 aliphatic rings. The number of nitrogens with two attached hydrogens (primary N) is 1. The molecule has 0 fully saturated rings. The van der Waals surface area contributed by atoms with E-state index >= 15 is 0 Å². The zero-order chi connectivity index (χ0) is 14.7. The molecule has 106 valence electrons. The van der Waals surface area contributed by atoms with E-state index in [-0.39, 0.29) is 5.91 Å². The summed E-state index contributed by atoms with van der Waals surface area (Å²) >= 11 is 1.69. The van der Waals surface area contributed by atoms with E-state index in [1.807, 2.05) is 0 Å². The topological polar surface area (TPSA) is 64.3 Å². The van der Waals surface area contributed by atoms with Gasteiger partial charge in [-0.25, -0.2) is 0 Å². The van der Waals surface area contributed by atoms with Crippen molar-refractivity contribution in [3.05, 3.63) is 45.1 Å². The number of nitrogens with one attached hydrogen (secondary N) is 1. The number of aryl methyl sites for hydroxylation is 2. The Morgan fingerprint density at radius 1 is 1.40 bits per heavy atom. The number of anilines is 1. The first-order valence-electron chi connectivity index (χ1n) is 6.29. The highest BCUT2D eigenvalue weighted by molar-refractivity contribution is 7.12. The molecule has 0 unspecified atom stereocenters. The van der Waals surface area contributed by atoms with E-state index in [4.69, 9.17) is 10.5 Å². The molecule has 1 heterocycles. The molecule has 0 bridgehead atoms. The van der Waals surface area contributed by atoms with Crippen LogP contribution in [0.3, 0.4) is 0 Å². The van der Waals surface area contributed by atoms with Crippen molar-refractivity contribution in [2.45, 2.75) is 20.4 Å². The smallest absolute Gasteiger partial charge is 0.257 e. The van der Waals surface area contributed by atoms with E-state index < -0.39 is 0 Å². The van der Waals surface area contributed by atoms with Gasteiger partial charge in [-0.05, 0) is 37.6 Å². The first kappa shape index (κ1) is 14.4. The molecule has 0 radical (unpaired) electrons. The Hall–Kier alpha value is -2.01. The van der Waals surface area contributed by atoms with Crippen LogP contribution >= 0.6 is 11.3 Å². The van der Waals surface area contributed by atoms with Crippen LogP contribution in [0.2, 0.25) is 0 Å². The normalized spacial score (nSPS) is 10.3. The number of carbonyl (C=O) groups excluding carboxylic acids is 1. The second-order valence-corrected chi connectivity index (χ2v) is 5.90. The maximum atomic E-state index is 12.2. The van der Waals surface area contributed by atoms with E-state index in [9.17, 15) is 4.79 Å². The Labute approximate surface area is 122 Å². The summed E-state index contributed by atoms with van der Waals surface area (Å²) in [5.74, 6) is 0.268. The van der Waals surface area contributed by atoms with E-state index in [0.29, 0.717) is 23.5 Å². The maximum absolute atomic E-state index is 12.2. The SMILES string of the molecule is COc1cccc(N)c1C(=O)NCc1cc(C)c(C)s1. The van der Waals surface area contributed by atoms with Crippen LogP contribution in [0.5, 0.6) is 5.75 Å². The fraction of sp³-hybridized carbons (Fsp3) is 0.267. The predicted octanol–water partition coefficient (Wildman–Crippen LogP) is 2.89. The van der Waals surface area contributed by atoms with Crippen LogP contribution < -0.4 is 15.8 Å². The van der Waals surface area contributed by atoms with Crippen LogP contribution in [0.15, 0.2) is 24.3 Å². The Morgan fingerprint density at radius 2 is 2.15 bits per heavy atom. The average molecular weight is 290 g/mol. The lowest BCUT2D eigenvalue weighted by Gasteiger charge is -2.11. The number of rotatable bonds is 4. The largest absolute Gasteiger partial charge is 0.496 e. The molecule has 3 N–H and O–H groups in total. The Balaban J connectivity index is 2.13. The molecule has 2 rings (SSSR count). The van der Waals surface area contributed by atoms with Gasteiger partial charge in [0.1, 0.15) is 11.3 Å². The molecule has 0 saturated carbocycles. The first-order valence-corrected chi connectivity index (χ1v) is 7.11. The van der Waals surface area contributed by atoms with Gasteiger partial charge in [0.15, 0.2) is 0 Å². The minimum absolute atomic E-state index is 0.219. The van der Waals surface area contributed by atoms with Crippen LogP contribution in [0.4, 0.5) is 5.69 Å². The van der Waals surface area contributed by atoms with Gasteiger partial charge in [0.05, 0.1) is 13.7 Å². The van der Waals surface area contributed by atoms with Crippen LogP contribution in [-0.4, -0.2) is 13.0 Å². The van der Waals surface area contributed by atoms with Crippen molar-refractivity contribution in [2.75, 3.05) is 12.8 Å². The van der Waals surface area contributed by atoms with Gasteiger partial charge in [-0.1, -0.05) is 6.07 Å². The zero-order valence-electron chi connectivity index (χ0n) is 11.8. The minimum atomic E-state index is -0.219. The van der Waals surface area contributed by atoms with Crippen molar-refractivity contribution in [3.8, 4) is 5.75 Å². The van der Waals surface area contributed by atoms with Crippen LogP contribution in [-0.2, 0) is 6.54 Å². The molecule has 1 aromatic carbocycles. The monoisotopic (exact) mass is 290 g/mol. The summed E-state index contributed by atoms with van der Waals surface area (Å²) in [5.41, 5.74) is 7.91. The third-order valence-electron chi connectivity index (χ3n) is 3.15. The summed E-state index contributed by atoms with van der Waals surface area (Å²) in [6.07, 6.45) is 0. The summed E-state index contributed by atoms with van der Waals surface area (Å²) in [4.78, 5) is 14.6. The molecule has 0 aliphatic heterocycles. The Kier molecular flexibility index (Phi) is 4.29. The number of hydrogen-bond donors (Lipinski definition) is 2. The fourth-order valence-electron chi connectivity index (χ4n) is 1.95. The van der Waals surface area contributed by atoms with Crippen LogP contribution in [0, 0.1) is 13.8 Å². The minimum Gasteiger partial charge on any atom is -0.496 e. The van der Waals surface area contributed by atoms with Crippen LogP contribution in [0.1, 0.15) is 25.7 Å². The average Bonchev–Trinajstić information content (AvgIpc) is 2.74. The van der Waals surface area contributed by atoms with Gasteiger partial charge in [-0.3, -0.25) is 4.79 Å². The quantitative estimate of drug-likeness (QED) is 0.851. The van der Waals surface area contributed by atoms with Gasteiger partial charge < -0.3 is 15.8 Å². The molecule has 4 nitrogen and oxygen atoms in total. The summed E-state index contributed by atoms with van der Waals surface area (Å²) in [6, 6.07) is 7.27. The van der Waals surface area contributed by atoms with Gasteiger partial charge in [0, 0.05) is 15.4 Å². The summed E-state index contributed by atoms with van der Waals surface area (Å²) in [7, 11) is 1.53. The van der Waals surface area contributed by atoms with Gasteiger partial charge in [-0.2, -0.15) is 0 Å². The molecule has 20 heavy (non-hydrogen) atoms. The summed E-state index contributed by atoms with van der Waals surface area (Å²) < 4.78 is 5.18. The highest BCUT2D eigenvalue weighted by atomic mass is 32.1. The molecular weight excluding hydrogens is 272 g/mol. The highest BCUT2D eigenvalue weighted by Crippen LogP contribution is 2.24. The van der Waals surface area contributed by atoms with Crippen molar-refractivity contribution < 1.29 is 9.53 Å². The lowest BCUT2D eigenvalue weighted by Crippen LogP contribution is -2.24. The van der Waals surface area contributed by atoms with Crippen molar-refractivity contribution >= 4 is 22.9 Å². The molecule has 0 atom stereocenters. The second-order valence-electron chi connectivity index (χ2n) is 4.56. The number of methoxy groups -OCH3 is 1. The molecule has 0 spiro atoms. The Bertz CT molecular complexity index is 615. The van der Waals surface area contributed by atoms with Gasteiger partial charge >= 0.3 is 0 Å². The molecule has 0 saturated heterocycles. The van der Waals surface area contributed by atoms with Crippen LogP contribution in [0.25, 0.3) is 0 Å². The van der Waals surface area contributed by atoms with Crippen molar-refractivity contribution in [2.24, 2.45) is 0 Å². The predicted molar refractivity (Wildman–Crippen MR) is 82.4 cm³/mol. The molecule has 2 aromatic rings. The molecule has 5 heteroatoms. The third kappa shape index (κ3) is 2.93. The first-order chi connectivity index (χ1) is 9.52. The number of amides is 1. The summed E-state index contributed by atoms with van der Waals surface area (Å²) in [5, 5.41) is 2.88.